The number of fused-ring (bicyclic) bond motifs is 1. The van der Waals surface area contributed by atoms with Gasteiger partial charge in [0.1, 0.15) is 5.56 Å². The number of anilines is 1. The number of hydrogen-bond acceptors (Lipinski definition) is 5. The lowest BCUT2D eigenvalue weighted by Gasteiger charge is -2.22. The minimum absolute atomic E-state index is 0.0353. The van der Waals surface area contributed by atoms with Gasteiger partial charge in [-0.25, -0.2) is 4.79 Å². The Kier molecular flexibility index (Phi) is 4.71. The Morgan fingerprint density at radius 1 is 1.23 bits per heavy atom. The fourth-order valence-corrected chi connectivity index (χ4v) is 3.29. The summed E-state index contributed by atoms with van der Waals surface area (Å²) < 4.78 is 5.08. The van der Waals surface area contributed by atoms with E-state index in [0.29, 0.717) is 5.56 Å². The number of nitro benzene ring substituents is 1. The fourth-order valence-electron chi connectivity index (χ4n) is 3.29. The van der Waals surface area contributed by atoms with Crippen LogP contribution in [0.1, 0.15) is 28.4 Å². The predicted molar refractivity (Wildman–Crippen MR) is 95.2 cm³/mol. The summed E-state index contributed by atoms with van der Waals surface area (Å²) in [7, 11) is 0. The molecular weight excluding hydrogens is 336 g/mol. The monoisotopic (exact) mass is 354 g/mol. The van der Waals surface area contributed by atoms with Crippen molar-refractivity contribution in [3.05, 3.63) is 69.3 Å². The third kappa shape index (κ3) is 3.15. The molecule has 0 N–H and O–H groups in total. The number of carbonyl (C=O) groups excluding carboxylic acids is 2. The highest BCUT2D eigenvalue weighted by molar-refractivity contribution is 6.00. The summed E-state index contributed by atoms with van der Waals surface area (Å²) in [6.07, 6.45) is 0.735. The molecule has 0 bridgehead atoms. The minimum Gasteiger partial charge on any atom is -0.452 e. The Hall–Kier alpha value is -3.22. The van der Waals surface area contributed by atoms with Gasteiger partial charge in [-0.15, -0.1) is 0 Å². The van der Waals surface area contributed by atoms with E-state index in [0.717, 1.165) is 17.7 Å². The van der Waals surface area contributed by atoms with Gasteiger partial charge in [0.05, 0.1) is 4.92 Å². The molecule has 0 aliphatic carbocycles. The minimum atomic E-state index is -0.881. The standard InChI is InChI=1S/C19H18N2O5/c1-12-6-5-8-15(18(12)21(24)25)19(23)26-11-17(22)20-13(2)10-14-7-3-4-9-16(14)20/h3-9,13H,10-11H2,1-2H3/t13-/m0/s1. The van der Waals surface area contributed by atoms with E-state index in [1.807, 2.05) is 31.2 Å². The number of para-hydroxylation sites is 2. The number of benzene rings is 2. The number of hydrogen-bond donors (Lipinski definition) is 0. The van der Waals surface area contributed by atoms with Gasteiger partial charge in [0.15, 0.2) is 6.61 Å². The first-order valence-corrected chi connectivity index (χ1v) is 8.21. The number of nitrogens with zero attached hydrogens (tertiary/aromatic N) is 2. The molecule has 7 heteroatoms. The Balaban J connectivity index is 1.74. The lowest BCUT2D eigenvalue weighted by Crippen LogP contribution is -2.38. The summed E-state index contributed by atoms with van der Waals surface area (Å²) in [5.74, 6) is -1.24. The van der Waals surface area contributed by atoms with E-state index in [1.54, 1.807) is 24.0 Å². The van der Waals surface area contributed by atoms with Gasteiger partial charge in [-0.2, -0.15) is 0 Å². The molecule has 0 radical (unpaired) electrons. The van der Waals surface area contributed by atoms with Gasteiger partial charge >= 0.3 is 5.97 Å². The lowest BCUT2D eigenvalue weighted by atomic mass is 10.1. The molecule has 2 aromatic carbocycles. The molecule has 1 heterocycles. The van der Waals surface area contributed by atoms with Crippen LogP contribution in [-0.2, 0) is 16.0 Å². The van der Waals surface area contributed by atoms with Crippen LogP contribution in [0.4, 0.5) is 11.4 Å². The summed E-state index contributed by atoms with van der Waals surface area (Å²) in [5.41, 5.74) is 1.77. The molecule has 0 spiro atoms. The number of amides is 1. The summed E-state index contributed by atoms with van der Waals surface area (Å²) in [4.78, 5) is 37.0. The van der Waals surface area contributed by atoms with Crippen molar-refractivity contribution < 1.29 is 19.2 Å². The van der Waals surface area contributed by atoms with Crippen LogP contribution < -0.4 is 4.90 Å². The first kappa shape index (κ1) is 17.6. The zero-order valence-corrected chi connectivity index (χ0v) is 14.5. The molecule has 134 valence electrons. The van der Waals surface area contributed by atoms with Crippen molar-refractivity contribution in [1.29, 1.82) is 0 Å². The second kappa shape index (κ2) is 6.95. The summed E-state index contributed by atoms with van der Waals surface area (Å²) in [5, 5.41) is 11.2. The molecule has 7 nitrogen and oxygen atoms in total. The topological polar surface area (TPSA) is 89.8 Å². The van der Waals surface area contributed by atoms with Crippen LogP contribution in [0.2, 0.25) is 0 Å². The zero-order chi connectivity index (χ0) is 18.8. The van der Waals surface area contributed by atoms with E-state index in [9.17, 15) is 19.7 Å². The van der Waals surface area contributed by atoms with Crippen molar-refractivity contribution in [2.24, 2.45) is 0 Å². The largest absolute Gasteiger partial charge is 0.452 e. The summed E-state index contributed by atoms with van der Waals surface area (Å²) in [6, 6.07) is 11.9. The maximum Gasteiger partial charge on any atom is 0.345 e. The Morgan fingerprint density at radius 3 is 2.69 bits per heavy atom. The third-order valence-electron chi connectivity index (χ3n) is 4.44. The molecule has 0 saturated carbocycles. The van der Waals surface area contributed by atoms with Crippen LogP contribution in [0, 0.1) is 17.0 Å². The van der Waals surface area contributed by atoms with Crippen molar-refractivity contribution in [3.8, 4) is 0 Å². The van der Waals surface area contributed by atoms with Crippen LogP contribution in [0.15, 0.2) is 42.5 Å². The van der Waals surface area contributed by atoms with Gasteiger partial charge in [0.25, 0.3) is 11.6 Å². The van der Waals surface area contributed by atoms with Gasteiger partial charge in [-0.05, 0) is 38.0 Å². The van der Waals surface area contributed by atoms with Crippen LogP contribution in [0.5, 0.6) is 0 Å². The van der Waals surface area contributed by atoms with Gasteiger partial charge in [0, 0.05) is 17.3 Å². The average molecular weight is 354 g/mol. The Morgan fingerprint density at radius 2 is 1.96 bits per heavy atom. The lowest BCUT2D eigenvalue weighted by molar-refractivity contribution is -0.385. The molecular formula is C19H18N2O5. The number of nitro groups is 1. The first-order valence-electron chi connectivity index (χ1n) is 8.21. The molecule has 26 heavy (non-hydrogen) atoms. The van der Waals surface area contributed by atoms with Gasteiger partial charge in [-0.1, -0.05) is 30.3 Å². The van der Waals surface area contributed by atoms with Crippen molar-refractivity contribution >= 4 is 23.3 Å². The van der Waals surface area contributed by atoms with E-state index >= 15 is 0 Å². The second-order valence-corrected chi connectivity index (χ2v) is 6.25. The van der Waals surface area contributed by atoms with Crippen LogP contribution >= 0.6 is 0 Å². The number of carbonyl (C=O) groups is 2. The van der Waals surface area contributed by atoms with E-state index in [1.165, 1.54) is 6.07 Å². The van der Waals surface area contributed by atoms with Crippen molar-refractivity contribution in [2.45, 2.75) is 26.3 Å². The molecule has 0 aromatic heterocycles. The molecule has 0 unspecified atom stereocenters. The van der Waals surface area contributed by atoms with Gasteiger partial charge < -0.3 is 9.64 Å². The molecule has 3 rings (SSSR count). The highest BCUT2D eigenvalue weighted by atomic mass is 16.6. The van der Waals surface area contributed by atoms with E-state index < -0.39 is 17.5 Å². The molecule has 2 aromatic rings. The van der Waals surface area contributed by atoms with Crippen molar-refractivity contribution in [1.82, 2.24) is 0 Å². The zero-order valence-electron chi connectivity index (χ0n) is 14.5. The summed E-state index contributed by atoms with van der Waals surface area (Å²) >= 11 is 0. The molecule has 0 fully saturated rings. The average Bonchev–Trinajstić information content (AvgIpc) is 2.94. The third-order valence-corrected chi connectivity index (χ3v) is 4.44. The normalized spacial score (nSPS) is 15.5. The van der Waals surface area contributed by atoms with Gasteiger partial charge in [-0.3, -0.25) is 14.9 Å². The Labute approximate surface area is 150 Å². The molecule has 0 saturated heterocycles. The fraction of sp³-hybridized carbons (Fsp3) is 0.263. The van der Waals surface area contributed by atoms with E-state index in [2.05, 4.69) is 0 Å². The van der Waals surface area contributed by atoms with Crippen LogP contribution in [0.3, 0.4) is 0 Å². The maximum absolute atomic E-state index is 12.6. The van der Waals surface area contributed by atoms with E-state index in [-0.39, 0.29) is 23.2 Å². The van der Waals surface area contributed by atoms with E-state index in [4.69, 9.17) is 4.74 Å². The van der Waals surface area contributed by atoms with Crippen LogP contribution in [-0.4, -0.2) is 29.4 Å². The number of aryl methyl sites for hydroxylation is 1. The molecule has 1 amide bonds. The maximum atomic E-state index is 12.6. The Bertz CT molecular complexity index is 893. The van der Waals surface area contributed by atoms with Crippen LogP contribution in [0.25, 0.3) is 0 Å². The summed E-state index contributed by atoms with van der Waals surface area (Å²) in [6.45, 7) is 3.00. The van der Waals surface area contributed by atoms with Gasteiger partial charge in [0.2, 0.25) is 0 Å². The SMILES string of the molecule is Cc1cccc(C(=O)OCC(=O)N2c3ccccc3C[C@@H]2C)c1[N+](=O)[O-]. The predicted octanol–water partition coefficient (Wildman–Crippen LogP) is 3.04. The molecule has 1 aliphatic rings. The molecule has 1 aliphatic heterocycles. The molecule has 1 atom stereocenters. The number of ether oxygens (including phenoxy) is 1. The highest BCUT2D eigenvalue weighted by Crippen LogP contribution is 2.32. The number of esters is 1. The van der Waals surface area contributed by atoms with Crippen molar-refractivity contribution in [2.75, 3.05) is 11.5 Å². The second-order valence-electron chi connectivity index (χ2n) is 6.25. The highest BCUT2D eigenvalue weighted by Gasteiger charge is 2.31. The number of rotatable bonds is 4. The quantitative estimate of drug-likeness (QED) is 0.478. The first-order chi connectivity index (χ1) is 12.4. The smallest absolute Gasteiger partial charge is 0.345 e. The van der Waals surface area contributed by atoms with Crippen molar-refractivity contribution in [3.63, 3.8) is 0 Å².